The molecule has 134 valence electrons. The number of hydrogen-bond acceptors (Lipinski definition) is 4. The fourth-order valence-corrected chi connectivity index (χ4v) is 5.79. The van der Waals surface area contributed by atoms with Crippen molar-refractivity contribution in [1.82, 2.24) is 0 Å². The van der Waals surface area contributed by atoms with Crippen molar-refractivity contribution in [2.24, 2.45) is 5.73 Å². The summed E-state index contributed by atoms with van der Waals surface area (Å²) in [5.74, 6) is -0.317. The van der Waals surface area contributed by atoms with Gasteiger partial charge in [0.1, 0.15) is 0 Å². The molecule has 2 aromatic carbocycles. The Morgan fingerprint density at radius 3 is 2.28 bits per heavy atom. The molecule has 1 fully saturated rings. The van der Waals surface area contributed by atoms with Gasteiger partial charge in [-0.1, -0.05) is 41.4 Å². The minimum Gasteiger partial charge on any atom is -0.380 e. The summed E-state index contributed by atoms with van der Waals surface area (Å²) < 4.78 is 31.8. The molecule has 2 aromatic rings. The Hall–Kier alpha value is -1.40. The molecule has 25 heavy (non-hydrogen) atoms. The molecule has 0 aromatic heterocycles. The Morgan fingerprint density at radius 2 is 1.72 bits per heavy atom. The molecule has 2 N–H and O–H groups in total. The van der Waals surface area contributed by atoms with Crippen molar-refractivity contribution in [3.63, 3.8) is 0 Å². The summed E-state index contributed by atoms with van der Waals surface area (Å²) in [6.07, 6.45) is 0. The first-order valence-corrected chi connectivity index (χ1v) is 10.2. The molecule has 0 heterocycles. The van der Waals surface area contributed by atoms with Crippen molar-refractivity contribution in [2.45, 2.75) is 35.4 Å². The summed E-state index contributed by atoms with van der Waals surface area (Å²) in [4.78, 5) is 0.297. The van der Waals surface area contributed by atoms with Crippen LogP contribution in [0.25, 0.3) is 0 Å². The van der Waals surface area contributed by atoms with E-state index in [0.717, 1.165) is 11.1 Å². The highest BCUT2D eigenvalue weighted by atomic mass is 35.5. The van der Waals surface area contributed by atoms with Crippen LogP contribution in [0.15, 0.2) is 53.4 Å². The number of rotatable bonds is 6. The Balaban J connectivity index is 1.99. The van der Waals surface area contributed by atoms with Crippen molar-refractivity contribution in [2.75, 3.05) is 13.2 Å². The zero-order valence-corrected chi connectivity index (χ0v) is 15.8. The van der Waals surface area contributed by atoms with E-state index in [1.54, 1.807) is 36.4 Å². The summed E-state index contributed by atoms with van der Waals surface area (Å²) in [6, 6.07) is 14.1. The zero-order valence-electron chi connectivity index (χ0n) is 14.3. The van der Waals surface area contributed by atoms with E-state index >= 15 is 0 Å². The molecule has 0 spiro atoms. The van der Waals surface area contributed by atoms with Gasteiger partial charge >= 0.3 is 0 Å². The van der Waals surface area contributed by atoms with Gasteiger partial charge in [0.15, 0.2) is 9.84 Å². The molecule has 0 saturated heterocycles. The molecule has 1 saturated carbocycles. The minimum atomic E-state index is -3.57. The largest absolute Gasteiger partial charge is 0.380 e. The van der Waals surface area contributed by atoms with Gasteiger partial charge in [0, 0.05) is 17.5 Å². The summed E-state index contributed by atoms with van der Waals surface area (Å²) in [6.45, 7) is 4.48. The van der Waals surface area contributed by atoms with Crippen LogP contribution in [0.5, 0.6) is 0 Å². The number of hydrogen-bond donors (Lipinski definition) is 1. The normalized spacial score (nSPS) is 25.8. The van der Waals surface area contributed by atoms with Crippen LogP contribution in [0.2, 0.25) is 5.02 Å². The Kier molecular flexibility index (Phi) is 4.95. The molecule has 3 atom stereocenters. The summed E-state index contributed by atoms with van der Waals surface area (Å²) in [5, 5.41) is -0.106. The lowest BCUT2D eigenvalue weighted by Gasteiger charge is -2.12. The van der Waals surface area contributed by atoms with Gasteiger partial charge in [0.25, 0.3) is 0 Å². The van der Waals surface area contributed by atoms with E-state index in [0.29, 0.717) is 16.5 Å². The number of benzene rings is 2. The molecule has 1 aliphatic carbocycles. The van der Waals surface area contributed by atoms with Crippen molar-refractivity contribution in [1.29, 1.82) is 0 Å². The molecular weight excluding hydrogens is 358 g/mol. The molecule has 4 nitrogen and oxygen atoms in total. The van der Waals surface area contributed by atoms with Crippen LogP contribution in [0.1, 0.15) is 24.0 Å². The fraction of sp³-hybridized carbons (Fsp3) is 0.368. The molecule has 0 amide bonds. The predicted octanol–water partition coefficient (Wildman–Crippen LogP) is 3.32. The lowest BCUT2D eigenvalue weighted by molar-refractivity contribution is 0.125. The third-order valence-electron chi connectivity index (χ3n) is 4.77. The highest BCUT2D eigenvalue weighted by Crippen LogP contribution is 2.55. The standard InChI is InChI=1S/C19H22ClNO3S/c1-3-24-12-19(21)17(14-6-8-15(20)9-7-14)18(19)25(22,23)16-10-4-13(2)5-11-16/h4-11,17-18H,3,12,21H2,1-2H3/t17-,18+,19-/m0/s1. The number of sulfone groups is 1. The molecule has 0 aliphatic heterocycles. The second-order valence-corrected chi connectivity index (χ2v) is 9.06. The van der Waals surface area contributed by atoms with Gasteiger partial charge < -0.3 is 10.5 Å². The smallest absolute Gasteiger partial charge is 0.183 e. The number of halogens is 1. The van der Waals surface area contributed by atoms with Crippen LogP contribution in [-0.4, -0.2) is 32.4 Å². The highest BCUT2D eigenvalue weighted by molar-refractivity contribution is 7.92. The van der Waals surface area contributed by atoms with E-state index in [9.17, 15) is 8.42 Å². The minimum absolute atomic E-state index is 0.201. The van der Waals surface area contributed by atoms with Crippen molar-refractivity contribution in [3.8, 4) is 0 Å². The van der Waals surface area contributed by atoms with Crippen LogP contribution in [0.4, 0.5) is 0 Å². The van der Waals surface area contributed by atoms with Gasteiger partial charge in [-0.2, -0.15) is 0 Å². The van der Waals surface area contributed by atoms with E-state index in [4.69, 9.17) is 22.1 Å². The molecular formula is C19H22ClNO3S. The lowest BCUT2D eigenvalue weighted by atomic mass is 10.1. The third-order valence-corrected chi connectivity index (χ3v) is 7.33. The first-order valence-electron chi connectivity index (χ1n) is 8.23. The predicted molar refractivity (Wildman–Crippen MR) is 99.8 cm³/mol. The highest BCUT2D eigenvalue weighted by Gasteiger charge is 2.69. The Morgan fingerprint density at radius 1 is 1.12 bits per heavy atom. The molecule has 6 heteroatoms. The molecule has 0 radical (unpaired) electrons. The van der Waals surface area contributed by atoms with E-state index in [1.165, 1.54) is 0 Å². The van der Waals surface area contributed by atoms with E-state index < -0.39 is 20.6 Å². The molecule has 3 rings (SSSR count). The third kappa shape index (κ3) is 3.34. The monoisotopic (exact) mass is 379 g/mol. The van der Waals surface area contributed by atoms with E-state index in [2.05, 4.69) is 0 Å². The molecule has 0 bridgehead atoms. The van der Waals surface area contributed by atoms with Gasteiger partial charge in [0.2, 0.25) is 0 Å². The zero-order chi connectivity index (χ0) is 18.2. The van der Waals surface area contributed by atoms with Gasteiger partial charge in [0.05, 0.1) is 22.3 Å². The average molecular weight is 380 g/mol. The number of aryl methyl sites for hydroxylation is 1. The van der Waals surface area contributed by atoms with Crippen molar-refractivity contribution in [3.05, 3.63) is 64.7 Å². The first kappa shape index (κ1) is 18.4. The quantitative estimate of drug-likeness (QED) is 0.835. The first-order chi connectivity index (χ1) is 11.8. The fourth-order valence-electron chi connectivity index (χ4n) is 3.37. The summed E-state index contributed by atoms with van der Waals surface area (Å²) in [7, 11) is -3.57. The number of nitrogens with two attached hydrogens (primary N) is 1. The van der Waals surface area contributed by atoms with E-state index in [-0.39, 0.29) is 12.5 Å². The molecule has 1 aliphatic rings. The van der Waals surface area contributed by atoms with Gasteiger partial charge in [-0.3, -0.25) is 0 Å². The average Bonchev–Trinajstić information content (AvgIpc) is 3.21. The maximum absolute atomic E-state index is 13.2. The van der Waals surface area contributed by atoms with Gasteiger partial charge in [-0.15, -0.1) is 0 Å². The topological polar surface area (TPSA) is 69.4 Å². The van der Waals surface area contributed by atoms with Crippen LogP contribution >= 0.6 is 11.6 Å². The summed E-state index contributed by atoms with van der Waals surface area (Å²) in [5.41, 5.74) is 7.45. The Labute approximate surface area is 153 Å². The Bertz CT molecular complexity index is 849. The van der Waals surface area contributed by atoms with Crippen LogP contribution < -0.4 is 5.73 Å². The second kappa shape index (κ2) is 6.72. The van der Waals surface area contributed by atoms with Crippen molar-refractivity contribution < 1.29 is 13.2 Å². The van der Waals surface area contributed by atoms with Crippen LogP contribution in [0, 0.1) is 6.92 Å². The number of ether oxygens (including phenoxy) is 1. The van der Waals surface area contributed by atoms with E-state index in [1.807, 2.05) is 26.0 Å². The maximum atomic E-state index is 13.2. The maximum Gasteiger partial charge on any atom is 0.183 e. The van der Waals surface area contributed by atoms with Crippen molar-refractivity contribution >= 4 is 21.4 Å². The second-order valence-electron chi connectivity index (χ2n) is 6.56. The van der Waals surface area contributed by atoms with Gasteiger partial charge in [-0.25, -0.2) is 8.42 Å². The molecule has 0 unspecified atom stereocenters. The van der Waals surface area contributed by atoms with Crippen LogP contribution in [0.3, 0.4) is 0 Å². The SMILES string of the molecule is CCOC[C@@]1(N)[C@H](S(=O)(=O)c2ccc(C)cc2)[C@@H]1c1ccc(Cl)cc1. The lowest BCUT2D eigenvalue weighted by Crippen LogP contribution is -2.36. The van der Waals surface area contributed by atoms with Gasteiger partial charge in [-0.05, 0) is 43.7 Å². The van der Waals surface area contributed by atoms with Crippen LogP contribution in [-0.2, 0) is 14.6 Å². The summed E-state index contributed by atoms with van der Waals surface area (Å²) >= 11 is 5.95.